The molecule has 3 saturated heterocycles. The quantitative estimate of drug-likeness (QED) is 0.0773. The van der Waals surface area contributed by atoms with Crippen molar-refractivity contribution in [3.05, 3.63) is 5.82 Å². The Hall–Kier alpha value is -4.92. The minimum atomic E-state index is -1.22. The van der Waals surface area contributed by atoms with Crippen LogP contribution < -0.4 is 10.6 Å². The summed E-state index contributed by atoms with van der Waals surface area (Å²) in [7, 11) is 0. The maximum atomic E-state index is 12.1. The number of amides is 4. The lowest BCUT2D eigenvalue weighted by atomic mass is 9.82. The fourth-order valence-electron chi connectivity index (χ4n) is 10.2. The number of hydrogen-bond donors (Lipinski definition) is 4. The average Bonchev–Trinajstić information content (AvgIpc) is 3.98. The number of thiocarbonyl (C=S) groups is 1. The SMILES string of the molecule is CC1(C)OC(=O)C(CC(=O)C2CCCCC2)C(=O)O1.N=C1C(=O)C(CCCC(=O)C2CCCCC2)SC1=S.O=C(CCc1nn[nH]n1)C1CCCCC1.O=C1NC(=O)C(CC(=O)C2CCCCC2)C(=O)N1. The summed E-state index contributed by atoms with van der Waals surface area (Å²) in [5.41, 5.74) is -0.0105. The molecule has 0 radical (unpaired) electrons. The van der Waals surface area contributed by atoms with Gasteiger partial charge in [0, 0.05) is 69.6 Å². The molecule has 0 spiro atoms. The highest BCUT2D eigenvalue weighted by Crippen LogP contribution is 2.32. The van der Waals surface area contributed by atoms with E-state index < -0.39 is 47.4 Å². The number of tetrazole rings is 1. The minimum Gasteiger partial charge on any atom is -0.422 e. The fourth-order valence-corrected chi connectivity index (χ4v) is 11.6. The van der Waals surface area contributed by atoms with Crippen molar-refractivity contribution in [2.24, 2.45) is 35.5 Å². The maximum absolute atomic E-state index is 12.1. The van der Waals surface area contributed by atoms with Gasteiger partial charge in [0.25, 0.3) is 5.79 Å². The number of H-pyrrole nitrogens is 1. The molecular formula is C50H71N7O12S2. The van der Waals surface area contributed by atoms with Crippen molar-refractivity contribution in [1.82, 2.24) is 31.3 Å². The monoisotopic (exact) mass is 1030 g/mol. The molecule has 3 aliphatic heterocycles. The minimum absolute atomic E-state index is 0.00992. The molecule has 1 atom stereocenters. The van der Waals surface area contributed by atoms with E-state index in [-0.39, 0.29) is 58.9 Å². The molecule has 21 heteroatoms. The smallest absolute Gasteiger partial charge is 0.328 e. The van der Waals surface area contributed by atoms with Gasteiger partial charge in [0.15, 0.2) is 17.5 Å². The van der Waals surface area contributed by atoms with E-state index in [1.807, 2.05) is 10.6 Å². The Morgan fingerprint density at radius 3 is 1.46 bits per heavy atom. The highest BCUT2D eigenvalue weighted by Gasteiger charge is 2.45. The topological polar surface area (TPSA) is 292 Å². The first-order valence-electron chi connectivity index (χ1n) is 25.7. The van der Waals surface area contributed by atoms with Crippen molar-refractivity contribution in [1.29, 1.82) is 5.41 Å². The first kappa shape index (κ1) is 57.0. The molecular weight excluding hydrogens is 955 g/mol. The number of ether oxygens (including phenoxy) is 2. The lowest BCUT2D eigenvalue weighted by Crippen LogP contribution is -2.56. The molecule has 4 N–H and O–H groups in total. The Bertz CT molecular complexity index is 2070. The van der Waals surface area contributed by atoms with Crippen molar-refractivity contribution in [2.75, 3.05) is 0 Å². The zero-order valence-electron chi connectivity index (χ0n) is 41.2. The summed E-state index contributed by atoms with van der Waals surface area (Å²) in [6.45, 7) is 3.00. The second-order valence-electron chi connectivity index (χ2n) is 20.1. The van der Waals surface area contributed by atoms with Crippen LogP contribution in [0.1, 0.15) is 187 Å². The average molecular weight is 1030 g/mol. The number of barbiturate groups is 1. The molecule has 0 aromatic carbocycles. The van der Waals surface area contributed by atoms with Crippen LogP contribution in [0, 0.1) is 40.9 Å². The largest absolute Gasteiger partial charge is 0.422 e. The number of cyclic esters (lactones) is 2. The predicted octanol–water partition coefficient (Wildman–Crippen LogP) is 7.11. The number of aromatic nitrogens is 4. The van der Waals surface area contributed by atoms with Gasteiger partial charge in [0.2, 0.25) is 11.8 Å². The molecule has 1 aromatic heterocycles. The summed E-state index contributed by atoms with van der Waals surface area (Å²) in [4.78, 5) is 117. The molecule has 7 fully saturated rings. The number of esters is 2. The molecule has 71 heavy (non-hydrogen) atoms. The van der Waals surface area contributed by atoms with Crippen molar-refractivity contribution in [2.45, 2.75) is 198 Å². The van der Waals surface area contributed by atoms with E-state index in [1.165, 1.54) is 64.1 Å². The van der Waals surface area contributed by atoms with Gasteiger partial charge in [-0.25, -0.2) is 4.79 Å². The zero-order chi connectivity index (χ0) is 51.5. The first-order valence-corrected chi connectivity index (χ1v) is 27.0. The third-order valence-electron chi connectivity index (χ3n) is 14.3. The number of imide groups is 2. The number of ketones is 5. The lowest BCUT2D eigenvalue weighted by molar-refractivity contribution is -0.240. The number of hydrogen-bond acceptors (Lipinski definition) is 18. The van der Waals surface area contributed by atoms with E-state index in [4.69, 9.17) is 27.1 Å². The van der Waals surface area contributed by atoms with Crippen LogP contribution in [-0.4, -0.2) is 100 Å². The zero-order valence-corrected chi connectivity index (χ0v) is 42.8. The number of carbonyl (C=O) groups is 10. The van der Waals surface area contributed by atoms with Crippen LogP contribution in [-0.2, 0) is 59.0 Å². The third kappa shape index (κ3) is 18.3. The number of nitrogens with one attached hydrogen (secondary N) is 4. The van der Waals surface area contributed by atoms with Crippen LogP contribution >= 0.6 is 24.0 Å². The van der Waals surface area contributed by atoms with Gasteiger partial charge < -0.3 is 9.47 Å². The first-order chi connectivity index (χ1) is 33.9. The summed E-state index contributed by atoms with van der Waals surface area (Å²) in [5.74, 6) is -4.31. The van der Waals surface area contributed by atoms with Crippen LogP contribution in [0.4, 0.5) is 4.79 Å². The number of rotatable bonds is 15. The highest BCUT2D eigenvalue weighted by atomic mass is 32.2. The second-order valence-corrected chi connectivity index (χ2v) is 22.0. The maximum Gasteiger partial charge on any atom is 0.328 e. The van der Waals surface area contributed by atoms with Crippen LogP contribution in [0.3, 0.4) is 0 Å². The van der Waals surface area contributed by atoms with E-state index in [0.717, 1.165) is 96.3 Å². The van der Waals surface area contributed by atoms with Gasteiger partial charge in [-0.3, -0.25) is 59.2 Å². The van der Waals surface area contributed by atoms with Gasteiger partial charge in [-0.1, -0.05) is 94.5 Å². The number of thioether (sulfide) groups is 1. The number of carbonyl (C=O) groups excluding carboxylic acids is 10. The normalized spacial score (nSPS) is 22.8. The van der Waals surface area contributed by atoms with Crippen molar-refractivity contribution in [3.63, 3.8) is 0 Å². The number of urea groups is 1. The number of aryl methyl sites for hydroxylation is 1. The summed E-state index contributed by atoms with van der Waals surface area (Å²) >= 11 is 6.27. The van der Waals surface area contributed by atoms with Gasteiger partial charge >= 0.3 is 18.0 Å². The second kappa shape index (κ2) is 28.4. The highest BCUT2D eigenvalue weighted by molar-refractivity contribution is 8.27. The van der Waals surface area contributed by atoms with Gasteiger partial charge in [0.05, 0.1) is 9.45 Å². The Morgan fingerprint density at radius 2 is 1.06 bits per heavy atom. The van der Waals surface area contributed by atoms with E-state index in [0.29, 0.717) is 53.2 Å². The Labute approximate surface area is 424 Å². The number of nitrogens with zero attached hydrogens (tertiary/aromatic N) is 3. The molecule has 4 saturated carbocycles. The van der Waals surface area contributed by atoms with Gasteiger partial charge in [-0.05, 0) is 64.2 Å². The molecule has 8 rings (SSSR count). The molecule has 7 aliphatic rings. The summed E-state index contributed by atoms with van der Waals surface area (Å²) in [6.07, 6.45) is 24.4. The summed E-state index contributed by atoms with van der Waals surface area (Å²) in [5, 5.41) is 24.8. The van der Waals surface area contributed by atoms with Crippen molar-refractivity contribution < 1.29 is 57.4 Å². The number of aromatic amines is 1. The summed E-state index contributed by atoms with van der Waals surface area (Å²) in [6, 6.07) is -0.814. The molecule has 0 bridgehead atoms. The van der Waals surface area contributed by atoms with Crippen LogP contribution in [0.25, 0.3) is 0 Å². The standard InChI is InChI=1S/C14H19NO2S2.C14H20O5.C12H16N2O4.C10H16N4O/c15-12-13(17)11(19-14(12)18)8-4-7-10(16)9-5-2-1-3-6-9;1-14(2)18-12(16)10(13(17)19-14)8-11(15)9-6-4-3-5-7-9;15-9(7-4-2-1-3-5-7)6-8-10(16)13-12(18)14-11(8)17;15-9(8-4-2-1-3-5-8)6-7-10-11-13-14-12-10/h9,11,15H,1-8H2;9-10H,3-8H2,1-2H3;7-8H,1-6H2,(H2,13,14,16,17,18);8H,1-7H2,(H,11,12,13,14). The Morgan fingerprint density at radius 1 is 0.634 bits per heavy atom. The molecule has 1 aromatic rings. The summed E-state index contributed by atoms with van der Waals surface area (Å²) < 4.78 is 10.4. The van der Waals surface area contributed by atoms with E-state index >= 15 is 0 Å². The van der Waals surface area contributed by atoms with Crippen LogP contribution in [0.15, 0.2) is 0 Å². The third-order valence-corrected chi connectivity index (χ3v) is 15.9. The molecule has 1 unspecified atom stereocenters. The van der Waals surface area contributed by atoms with E-state index in [1.54, 1.807) is 0 Å². The predicted molar refractivity (Wildman–Crippen MR) is 264 cm³/mol. The van der Waals surface area contributed by atoms with E-state index in [2.05, 4.69) is 20.6 Å². The Balaban J connectivity index is 0.000000177. The lowest BCUT2D eigenvalue weighted by Gasteiger charge is -2.33. The van der Waals surface area contributed by atoms with Crippen LogP contribution in [0.2, 0.25) is 0 Å². The molecule has 19 nitrogen and oxygen atoms in total. The van der Waals surface area contributed by atoms with Crippen molar-refractivity contribution in [3.8, 4) is 0 Å². The van der Waals surface area contributed by atoms with Crippen LogP contribution in [0.5, 0.6) is 0 Å². The van der Waals surface area contributed by atoms with Gasteiger partial charge in [0.1, 0.15) is 34.8 Å². The molecule has 4 heterocycles. The van der Waals surface area contributed by atoms with Gasteiger partial charge in [-0.2, -0.15) is 5.21 Å². The molecule has 390 valence electrons. The Kier molecular flexibility index (Phi) is 22.8. The van der Waals surface area contributed by atoms with Crippen molar-refractivity contribution >= 4 is 92.6 Å². The van der Waals surface area contributed by atoms with Gasteiger partial charge in [-0.15, -0.1) is 22.0 Å². The molecule has 4 aliphatic carbocycles. The molecule has 4 amide bonds. The van der Waals surface area contributed by atoms with E-state index in [9.17, 15) is 47.9 Å². The fraction of sp³-hybridized carbons (Fsp3) is 0.740. The number of Topliss-reactive ketones (excluding diaryl/α,β-unsaturated/α-hetero) is 5.